The number of rotatable bonds is 2. The van der Waals surface area contributed by atoms with E-state index in [1.165, 1.54) is 5.01 Å². The van der Waals surface area contributed by atoms with Gasteiger partial charge in [-0.25, -0.2) is 4.79 Å². The number of hydrogen-bond acceptors (Lipinski definition) is 7. The van der Waals surface area contributed by atoms with Crippen molar-refractivity contribution >= 4 is 6.09 Å². The lowest BCUT2D eigenvalue weighted by Gasteiger charge is -2.36. The van der Waals surface area contributed by atoms with Crippen molar-refractivity contribution in [1.29, 1.82) is 0 Å². The fourth-order valence-corrected chi connectivity index (χ4v) is 3.23. The van der Waals surface area contributed by atoms with Crippen molar-refractivity contribution < 1.29 is 23.7 Å². The highest BCUT2D eigenvalue weighted by Crippen LogP contribution is 2.49. The van der Waals surface area contributed by atoms with E-state index in [1.54, 1.807) is 14.2 Å². The molecule has 21 heavy (non-hydrogen) atoms. The second kappa shape index (κ2) is 4.62. The zero-order chi connectivity index (χ0) is 15.4. The van der Waals surface area contributed by atoms with E-state index in [0.29, 0.717) is 6.42 Å². The molecule has 3 rings (SSSR count). The smallest absolute Gasteiger partial charge is 0.432 e. The number of nitrogens with zero attached hydrogens (tertiary/aromatic N) is 3. The molecule has 4 atom stereocenters. The molecule has 4 unspecified atom stereocenters. The molecule has 3 aliphatic heterocycles. The number of methoxy groups -OCH3 is 2. The van der Waals surface area contributed by atoms with Gasteiger partial charge in [-0.3, -0.25) is 0 Å². The van der Waals surface area contributed by atoms with Crippen LogP contribution in [0.25, 0.3) is 0 Å². The zero-order valence-corrected chi connectivity index (χ0v) is 12.9. The van der Waals surface area contributed by atoms with Gasteiger partial charge >= 0.3 is 6.09 Å². The molecule has 3 heterocycles. The van der Waals surface area contributed by atoms with Crippen LogP contribution in [-0.4, -0.2) is 61.0 Å². The summed E-state index contributed by atoms with van der Waals surface area (Å²) in [5.41, 5.74) is -0.577. The second-order valence-electron chi connectivity index (χ2n) is 6.53. The molecule has 118 valence electrons. The van der Waals surface area contributed by atoms with Crippen LogP contribution in [0.4, 0.5) is 4.79 Å². The van der Waals surface area contributed by atoms with Crippen LogP contribution in [0.1, 0.15) is 27.2 Å². The maximum atomic E-state index is 12.2. The molecular weight excluding hydrogens is 278 g/mol. The molecule has 8 heteroatoms. The maximum Gasteiger partial charge on any atom is 0.432 e. The van der Waals surface area contributed by atoms with Gasteiger partial charge in [-0.15, -0.1) is 0 Å². The summed E-state index contributed by atoms with van der Waals surface area (Å²) in [4.78, 5) is 12.2. The first-order valence-electron chi connectivity index (χ1n) is 7.00. The lowest BCUT2D eigenvalue weighted by Crippen LogP contribution is -2.56. The molecule has 0 aromatic rings. The van der Waals surface area contributed by atoms with Crippen molar-refractivity contribution in [3.63, 3.8) is 0 Å². The van der Waals surface area contributed by atoms with E-state index < -0.39 is 17.5 Å². The topological polar surface area (TPSA) is 82.0 Å². The number of carbonyl (C=O) groups excluding carboxylic acids is 1. The Morgan fingerprint density at radius 2 is 2.00 bits per heavy atom. The Morgan fingerprint density at radius 3 is 2.57 bits per heavy atom. The van der Waals surface area contributed by atoms with E-state index in [4.69, 9.17) is 18.9 Å². The molecule has 0 aromatic heterocycles. The highest BCUT2D eigenvalue weighted by atomic mass is 16.7. The predicted octanol–water partition coefficient (Wildman–Crippen LogP) is 1.50. The minimum Gasteiger partial charge on any atom is -0.442 e. The number of hydrogen-bond donors (Lipinski definition) is 0. The molecule has 0 radical (unpaired) electrons. The van der Waals surface area contributed by atoms with Gasteiger partial charge in [0.15, 0.2) is 5.79 Å². The number of carbonyl (C=O) groups is 1. The SMILES string of the molecule is COC1(OC)CC2OC1C1N=NN(C(=O)OC(C)(C)C)C21. The average molecular weight is 299 g/mol. The Balaban J connectivity index is 1.77. The van der Waals surface area contributed by atoms with E-state index >= 15 is 0 Å². The quantitative estimate of drug-likeness (QED) is 0.722. The maximum absolute atomic E-state index is 12.2. The lowest BCUT2D eigenvalue weighted by molar-refractivity contribution is -0.234. The number of ether oxygens (including phenoxy) is 4. The summed E-state index contributed by atoms with van der Waals surface area (Å²) in [6, 6.07) is -0.528. The first-order chi connectivity index (χ1) is 9.81. The van der Waals surface area contributed by atoms with Gasteiger partial charge in [0.25, 0.3) is 0 Å². The van der Waals surface area contributed by atoms with E-state index in [1.807, 2.05) is 20.8 Å². The first-order valence-corrected chi connectivity index (χ1v) is 7.00. The fraction of sp³-hybridized carbons (Fsp3) is 0.923. The van der Waals surface area contributed by atoms with Gasteiger partial charge in [0.05, 0.1) is 6.10 Å². The van der Waals surface area contributed by atoms with E-state index in [-0.39, 0.29) is 24.3 Å². The van der Waals surface area contributed by atoms with E-state index in [0.717, 1.165) is 0 Å². The Labute approximate surface area is 123 Å². The Bertz CT molecular complexity index is 471. The summed E-state index contributed by atoms with van der Waals surface area (Å²) >= 11 is 0. The summed E-state index contributed by atoms with van der Waals surface area (Å²) in [7, 11) is 3.17. The molecule has 1 amide bonds. The standard InChI is InChI=1S/C13H21N3O5/c1-12(2,3)21-11(17)16-9-7-6-13(18-4,19-5)10(20-7)8(9)14-15-16/h7-10H,6H2,1-5H3. The minimum absolute atomic E-state index is 0.220. The Hall–Kier alpha value is -1.25. The van der Waals surface area contributed by atoms with Crippen molar-refractivity contribution in [3.05, 3.63) is 0 Å². The van der Waals surface area contributed by atoms with E-state index in [9.17, 15) is 4.79 Å². The molecule has 0 spiro atoms. The molecule has 8 nitrogen and oxygen atoms in total. The molecule has 2 bridgehead atoms. The summed E-state index contributed by atoms with van der Waals surface area (Å²) < 4.78 is 22.2. The summed E-state index contributed by atoms with van der Waals surface area (Å²) in [6.45, 7) is 5.44. The van der Waals surface area contributed by atoms with Crippen LogP contribution in [-0.2, 0) is 18.9 Å². The summed E-state index contributed by atoms with van der Waals surface area (Å²) in [5, 5.41) is 9.43. The van der Waals surface area contributed by atoms with Crippen molar-refractivity contribution in [1.82, 2.24) is 5.01 Å². The number of fused-ring (bicyclic) bond motifs is 5. The van der Waals surface area contributed by atoms with Crippen LogP contribution >= 0.6 is 0 Å². The third-order valence-corrected chi connectivity index (χ3v) is 4.12. The summed E-state index contributed by atoms with van der Waals surface area (Å²) in [6.07, 6.45) is -0.549. The lowest BCUT2D eigenvalue weighted by atomic mass is 9.86. The van der Waals surface area contributed by atoms with Crippen LogP contribution < -0.4 is 0 Å². The van der Waals surface area contributed by atoms with Gasteiger partial charge in [0, 0.05) is 20.6 Å². The number of amides is 1. The van der Waals surface area contributed by atoms with Crippen LogP contribution in [0, 0.1) is 0 Å². The summed E-state index contributed by atoms with van der Waals surface area (Å²) in [5.74, 6) is -0.811. The van der Waals surface area contributed by atoms with Crippen molar-refractivity contribution in [2.45, 2.75) is 62.9 Å². The molecule has 0 aliphatic carbocycles. The van der Waals surface area contributed by atoms with Crippen molar-refractivity contribution in [3.8, 4) is 0 Å². The van der Waals surface area contributed by atoms with Gasteiger partial charge in [0.1, 0.15) is 23.8 Å². The van der Waals surface area contributed by atoms with Crippen LogP contribution in [0.15, 0.2) is 10.3 Å². The van der Waals surface area contributed by atoms with Gasteiger partial charge < -0.3 is 18.9 Å². The van der Waals surface area contributed by atoms with Crippen LogP contribution in [0.2, 0.25) is 0 Å². The largest absolute Gasteiger partial charge is 0.442 e. The predicted molar refractivity (Wildman–Crippen MR) is 70.5 cm³/mol. The molecule has 0 aromatic carbocycles. The molecule has 2 fully saturated rings. The molecular formula is C13H21N3O5. The fourth-order valence-electron chi connectivity index (χ4n) is 3.23. The van der Waals surface area contributed by atoms with Crippen LogP contribution in [0.3, 0.4) is 0 Å². The monoisotopic (exact) mass is 299 g/mol. The zero-order valence-electron chi connectivity index (χ0n) is 12.9. The second-order valence-corrected chi connectivity index (χ2v) is 6.53. The van der Waals surface area contributed by atoms with E-state index in [2.05, 4.69) is 10.3 Å². The van der Waals surface area contributed by atoms with Crippen molar-refractivity contribution in [2.75, 3.05) is 14.2 Å². The Kier molecular flexibility index (Phi) is 3.23. The average Bonchev–Trinajstić information content (AvgIpc) is 3.06. The third kappa shape index (κ3) is 2.13. The molecule has 0 N–H and O–H groups in total. The van der Waals surface area contributed by atoms with Crippen LogP contribution in [0.5, 0.6) is 0 Å². The highest BCUT2D eigenvalue weighted by molar-refractivity contribution is 5.68. The normalized spacial score (nSPS) is 36.1. The minimum atomic E-state index is -0.811. The first kappa shape index (κ1) is 14.7. The molecule has 0 saturated carbocycles. The van der Waals surface area contributed by atoms with Gasteiger partial charge in [-0.2, -0.15) is 10.1 Å². The molecule has 2 saturated heterocycles. The Morgan fingerprint density at radius 1 is 1.33 bits per heavy atom. The highest BCUT2D eigenvalue weighted by Gasteiger charge is 2.67. The van der Waals surface area contributed by atoms with Gasteiger partial charge in [-0.05, 0) is 20.8 Å². The van der Waals surface area contributed by atoms with Crippen molar-refractivity contribution in [2.24, 2.45) is 10.3 Å². The van der Waals surface area contributed by atoms with Gasteiger partial charge in [-0.1, -0.05) is 5.22 Å². The third-order valence-electron chi connectivity index (χ3n) is 4.12. The van der Waals surface area contributed by atoms with Gasteiger partial charge in [0.2, 0.25) is 0 Å². The molecule has 3 aliphatic rings.